The third-order valence-electron chi connectivity index (χ3n) is 5.09. The van der Waals surface area contributed by atoms with Crippen molar-refractivity contribution in [3.05, 3.63) is 35.4 Å². The van der Waals surface area contributed by atoms with Crippen LogP contribution in [0.3, 0.4) is 0 Å². The van der Waals surface area contributed by atoms with Crippen molar-refractivity contribution in [2.45, 2.75) is 38.8 Å². The Hall–Kier alpha value is -2.08. The summed E-state index contributed by atoms with van der Waals surface area (Å²) in [5.74, 6) is 0.545. The van der Waals surface area contributed by atoms with Crippen LogP contribution in [-0.4, -0.2) is 55.0 Å². The largest absolute Gasteiger partial charge is 0.352 e. The van der Waals surface area contributed by atoms with Gasteiger partial charge < -0.3 is 20.9 Å². The molecule has 1 fully saturated rings. The van der Waals surface area contributed by atoms with E-state index in [0.717, 1.165) is 30.6 Å². The summed E-state index contributed by atoms with van der Waals surface area (Å²) in [5, 5.41) is 2.72. The maximum absolute atomic E-state index is 12.8. The molecule has 3 N–H and O–H groups in total. The average molecular weight is 346 g/mol. The van der Waals surface area contributed by atoms with Crippen LogP contribution in [0.2, 0.25) is 0 Å². The van der Waals surface area contributed by atoms with Crippen LogP contribution >= 0.6 is 0 Å². The van der Waals surface area contributed by atoms with Gasteiger partial charge in [0, 0.05) is 19.1 Å². The summed E-state index contributed by atoms with van der Waals surface area (Å²) in [4.78, 5) is 28.3. The highest BCUT2D eigenvalue weighted by molar-refractivity contribution is 5.79. The van der Waals surface area contributed by atoms with Crippen molar-refractivity contribution < 1.29 is 9.59 Å². The van der Waals surface area contributed by atoms with E-state index in [9.17, 15) is 9.59 Å². The van der Waals surface area contributed by atoms with Gasteiger partial charge in [-0.15, -0.1) is 0 Å². The number of primary amides is 1. The van der Waals surface area contributed by atoms with Gasteiger partial charge in [0.2, 0.25) is 5.91 Å². The lowest BCUT2D eigenvalue weighted by Crippen LogP contribution is -2.39. The normalized spacial score (nSPS) is 21.4. The molecule has 0 aliphatic carbocycles. The van der Waals surface area contributed by atoms with Gasteiger partial charge in [0.25, 0.3) is 0 Å². The average Bonchev–Trinajstić information content (AvgIpc) is 2.98. The second kappa shape index (κ2) is 8.34. The van der Waals surface area contributed by atoms with Crippen LogP contribution in [0.25, 0.3) is 0 Å². The number of amides is 3. The number of nitrogens with one attached hydrogen (secondary N) is 1. The molecular formula is C19H30N4O2. The van der Waals surface area contributed by atoms with Crippen LogP contribution in [0.5, 0.6) is 0 Å². The Labute approximate surface area is 150 Å². The van der Waals surface area contributed by atoms with Crippen molar-refractivity contribution in [2.75, 3.05) is 27.2 Å². The molecule has 6 heteroatoms. The Kier molecular flexibility index (Phi) is 6.42. The molecule has 0 saturated carbocycles. The van der Waals surface area contributed by atoms with Gasteiger partial charge in [0.1, 0.15) is 0 Å². The second-order valence-corrected chi connectivity index (χ2v) is 7.18. The van der Waals surface area contributed by atoms with Gasteiger partial charge in [-0.05, 0) is 32.5 Å². The van der Waals surface area contributed by atoms with Crippen molar-refractivity contribution in [3.8, 4) is 0 Å². The number of rotatable bonds is 6. The first kappa shape index (κ1) is 19.2. The van der Waals surface area contributed by atoms with Gasteiger partial charge in [0.15, 0.2) is 0 Å². The molecule has 0 spiro atoms. The van der Waals surface area contributed by atoms with Crippen molar-refractivity contribution in [3.63, 3.8) is 0 Å². The minimum atomic E-state index is -0.613. The first-order valence-electron chi connectivity index (χ1n) is 8.88. The van der Waals surface area contributed by atoms with Crippen molar-refractivity contribution in [1.82, 2.24) is 15.1 Å². The molecule has 1 aromatic rings. The molecule has 1 aliphatic rings. The Morgan fingerprint density at radius 2 is 2.08 bits per heavy atom. The van der Waals surface area contributed by atoms with Crippen LogP contribution in [0.15, 0.2) is 24.3 Å². The predicted molar refractivity (Wildman–Crippen MR) is 99.1 cm³/mol. The Balaban J connectivity index is 2.11. The third kappa shape index (κ3) is 4.95. The van der Waals surface area contributed by atoms with Crippen molar-refractivity contribution >= 4 is 11.9 Å². The van der Waals surface area contributed by atoms with E-state index in [-0.39, 0.29) is 12.3 Å². The number of carbonyl (C=O) groups is 2. The van der Waals surface area contributed by atoms with Crippen molar-refractivity contribution in [2.24, 2.45) is 11.7 Å². The van der Waals surface area contributed by atoms with Gasteiger partial charge in [0.05, 0.1) is 12.5 Å². The molecule has 3 atom stereocenters. The Morgan fingerprint density at radius 3 is 2.60 bits per heavy atom. The molecule has 1 aromatic carbocycles. The molecule has 2 rings (SSSR count). The summed E-state index contributed by atoms with van der Waals surface area (Å²) in [5.41, 5.74) is 7.31. The molecule has 1 heterocycles. The van der Waals surface area contributed by atoms with Crippen LogP contribution in [0, 0.1) is 12.8 Å². The molecule has 0 unspecified atom stereocenters. The highest BCUT2D eigenvalue weighted by Crippen LogP contribution is 2.26. The molecule has 0 radical (unpaired) electrons. The Morgan fingerprint density at radius 1 is 1.36 bits per heavy atom. The molecule has 1 aliphatic heterocycles. The molecule has 0 aromatic heterocycles. The van der Waals surface area contributed by atoms with E-state index >= 15 is 0 Å². The predicted octanol–water partition coefficient (Wildman–Crippen LogP) is 1.89. The van der Waals surface area contributed by atoms with Gasteiger partial charge in [-0.1, -0.05) is 43.2 Å². The first-order valence-corrected chi connectivity index (χ1v) is 8.88. The van der Waals surface area contributed by atoms with Gasteiger partial charge in [-0.25, -0.2) is 4.79 Å². The fourth-order valence-electron chi connectivity index (χ4n) is 3.66. The lowest BCUT2D eigenvalue weighted by Gasteiger charge is -2.24. The number of likely N-dealkylation sites (N-methyl/N-ethyl adjacent to an activating group) is 1. The summed E-state index contributed by atoms with van der Waals surface area (Å²) < 4.78 is 0. The number of nitrogens with two attached hydrogens (primary N) is 1. The number of hydrogen-bond donors (Lipinski definition) is 2. The van der Waals surface area contributed by atoms with E-state index in [0.29, 0.717) is 12.0 Å². The summed E-state index contributed by atoms with van der Waals surface area (Å²) in [6.07, 6.45) is 1.27. The number of benzene rings is 1. The lowest BCUT2D eigenvalue weighted by atomic mass is 10.0. The molecule has 25 heavy (non-hydrogen) atoms. The van der Waals surface area contributed by atoms with E-state index in [1.807, 2.05) is 36.1 Å². The SMILES string of the molecule is CC[C@@H]1CN(C(=O)C[C@H](NC(N)=O)c2cccc(C)c2)C[C@H]1N(C)C. The highest BCUT2D eigenvalue weighted by atomic mass is 16.2. The van der Waals surface area contributed by atoms with E-state index in [1.165, 1.54) is 0 Å². The number of carbonyl (C=O) groups excluding carboxylic acids is 2. The number of aryl methyl sites for hydroxylation is 1. The molecule has 1 saturated heterocycles. The number of nitrogens with zero attached hydrogens (tertiary/aromatic N) is 2. The zero-order chi connectivity index (χ0) is 18.6. The quantitative estimate of drug-likeness (QED) is 0.826. The Bertz CT molecular complexity index is 617. The third-order valence-corrected chi connectivity index (χ3v) is 5.09. The zero-order valence-corrected chi connectivity index (χ0v) is 15.7. The van der Waals surface area contributed by atoms with E-state index < -0.39 is 12.1 Å². The fraction of sp³-hybridized carbons (Fsp3) is 0.579. The van der Waals surface area contributed by atoms with E-state index in [1.54, 1.807) is 0 Å². The van der Waals surface area contributed by atoms with E-state index in [2.05, 4.69) is 31.2 Å². The van der Waals surface area contributed by atoms with Crippen LogP contribution in [-0.2, 0) is 4.79 Å². The standard InChI is InChI=1S/C19H30N4O2/c1-5-14-11-23(12-17(14)22(3)4)18(24)10-16(21-19(20)25)15-8-6-7-13(2)9-15/h6-9,14,16-17H,5,10-12H2,1-4H3,(H3,20,21,25)/t14-,16+,17-/m1/s1. The topological polar surface area (TPSA) is 78.7 Å². The smallest absolute Gasteiger partial charge is 0.312 e. The lowest BCUT2D eigenvalue weighted by molar-refractivity contribution is -0.130. The minimum absolute atomic E-state index is 0.0584. The number of hydrogen-bond acceptors (Lipinski definition) is 3. The first-order chi connectivity index (χ1) is 11.8. The monoisotopic (exact) mass is 346 g/mol. The summed E-state index contributed by atoms with van der Waals surface area (Å²) in [6.45, 7) is 5.66. The van der Waals surface area contributed by atoms with E-state index in [4.69, 9.17) is 5.73 Å². The van der Waals surface area contributed by atoms with Crippen LogP contribution in [0.1, 0.15) is 36.9 Å². The molecule has 138 valence electrons. The summed E-state index contributed by atoms with van der Waals surface area (Å²) in [6, 6.07) is 7.19. The molecular weight excluding hydrogens is 316 g/mol. The van der Waals surface area contributed by atoms with Gasteiger partial charge >= 0.3 is 6.03 Å². The van der Waals surface area contributed by atoms with Crippen LogP contribution in [0.4, 0.5) is 4.79 Å². The van der Waals surface area contributed by atoms with Crippen molar-refractivity contribution in [1.29, 1.82) is 0 Å². The molecule has 3 amide bonds. The number of likely N-dealkylation sites (tertiary alicyclic amines) is 1. The second-order valence-electron chi connectivity index (χ2n) is 7.18. The summed E-state index contributed by atoms with van der Waals surface area (Å²) in [7, 11) is 4.12. The fourth-order valence-corrected chi connectivity index (χ4v) is 3.66. The molecule has 0 bridgehead atoms. The van der Waals surface area contributed by atoms with Gasteiger partial charge in [-0.3, -0.25) is 4.79 Å². The number of urea groups is 1. The zero-order valence-electron chi connectivity index (χ0n) is 15.7. The van der Waals surface area contributed by atoms with Gasteiger partial charge in [-0.2, -0.15) is 0 Å². The summed E-state index contributed by atoms with van der Waals surface area (Å²) >= 11 is 0. The highest BCUT2D eigenvalue weighted by Gasteiger charge is 2.36. The minimum Gasteiger partial charge on any atom is -0.352 e. The maximum atomic E-state index is 12.8. The maximum Gasteiger partial charge on any atom is 0.312 e. The van der Waals surface area contributed by atoms with Crippen LogP contribution < -0.4 is 11.1 Å². The molecule has 6 nitrogen and oxygen atoms in total.